The molecule has 0 aliphatic carbocycles. The first kappa shape index (κ1) is 21.6. The van der Waals surface area contributed by atoms with E-state index in [-0.39, 0.29) is 17.7 Å². The molecule has 32 heavy (non-hydrogen) atoms. The van der Waals surface area contributed by atoms with Crippen LogP contribution >= 0.6 is 0 Å². The highest BCUT2D eigenvalue weighted by Gasteiger charge is 2.44. The number of amides is 2. The van der Waals surface area contributed by atoms with Gasteiger partial charge in [0.2, 0.25) is 11.8 Å². The van der Waals surface area contributed by atoms with E-state index < -0.39 is 27.9 Å². The summed E-state index contributed by atoms with van der Waals surface area (Å²) in [5.41, 5.74) is 1.37. The number of nitrogens with zero attached hydrogens (tertiary/aromatic N) is 1. The fourth-order valence-corrected chi connectivity index (χ4v) is 5.08. The maximum absolute atomic E-state index is 13.1. The number of nitrogens with one attached hydrogen (secondary N) is 1. The first-order chi connectivity index (χ1) is 15.3. The minimum Gasteiger partial charge on any atom is -0.457 e. The summed E-state index contributed by atoms with van der Waals surface area (Å²) in [6, 6.07) is 21.1. The molecule has 1 N–H and O–H groups in total. The van der Waals surface area contributed by atoms with Crippen molar-refractivity contribution in [2.75, 3.05) is 5.32 Å². The second-order valence-corrected chi connectivity index (χ2v) is 9.31. The standard InChI is InChI=1S/C24H22N2O5S/c1-17-7-13-21(14-8-17)32(29,30)26-22(15-16-23(26)27)24(28)25-18-9-11-20(12-10-18)31-19-5-3-2-4-6-19/h2-14,22H,15-16H2,1H3,(H,25,28)/t22-/m0/s1. The first-order valence-electron chi connectivity index (χ1n) is 10.1. The maximum Gasteiger partial charge on any atom is 0.267 e. The van der Waals surface area contributed by atoms with Crippen molar-refractivity contribution in [2.24, 2.45) is 0 Å². The van der Waals surface area contributed by atoms with Crippen LogP contribution in [0.5, 0.6) is 11.5 Å². The number of benzene rings is 3. The van der Waals surface area contributed by atoms with E-state index in [1.54, 1.807) is 36.4 Å². The highest BCUT2D eigenvalue weighted by molar-refractivity contribution is 7.89. The summed E-state index contributed by atoms with van der Waals surface area (Å²) in [4.78, 5) is 25.3. The fraction of sp³-hybridized carbons (Fsp3) is 0.167. The van der Waals surface area contributed by atoms with Crippen molar-refractivity contribution in [3.63, 3.8) is 0 Å². The van der Waals surface area contributed by atoms with Gasteiger partial charge in [0, 0.05) is 12.1 Å². The molecule has 8 heteroatoms. The van der Waals surface area contributed by atoms with Crippen molar-refractivity contribution in [1.29, 1.82) is 0 Å². The molecule has 1 aliphatic heterocycles. The predicted octanol–water partition coefficient (Wildman–Crippen LogP) is 4.11. The third kappa shape index (κ3) is 4.50. The number of hydrogen-bond acceptors (Lipinski definition) is 5. The summed E-state index contributed by atoms with van der Waals surface area (Å²) < 4.78 is 32.5. The number of carbonyl (C=O) groups is 2. The molecule has 1 atom stereocenters. The molecule has 0 bridgehead atoms. The third-order valence-corrected chi connectivity index (χ3v) is 6.99. The number of para-hydroxylation sites is 1. The molecule has 3 aromatic carbocycles. The summed E-state index contributed by atoms with van der Waals surface area (Å²) in [5, 5.41) is 2.71. The molecule has 3 aromatic rings. The van der Waals surface area contributed by atoms with E-state index in [2.05, 4.69) is 5.32 Å². The summed E-state index contributed by atoms with van der Waals surface area (Å²) in [6.45, 7) is 1.84. The van der Waals surface area contributed by atoms with Gasteiger partial charge >= 0.3 is 0 Å². The largest absolute Gasteiger partial charge is 0.457 e. The number of aryl methyl sites for hydroxylation is 1. The Morgan fingerprint density at radius 3 is 2.22 bits per heavy atom. The van der Waals surface area contributed by atoms with Gasteiger partial charge in [0.05, 0.1) is 4.90 Å². The highest BCUT2D eigenvalue weighted by atomic mass is 32.2. The summed E-state index contributed by atoms with van der Waals surface area (Å²) >= 11 is 0. The van der Waals surface area contributed by atoms with Crippen molar-refractivity contribution in [1.82, 2.24) is 4.31 Å². The van der Waals surface area contributed by atoms with Gasteiger partial charge in [0.1, 0.15) is 17.5 Å². The van der Waals surface area contributed by atoms with Crippen LogP contribution < -0.4 is 10.1 Å². The number of anilines is 1. The number of rotatable bonds is 6. The van der Waals surface area contributed by atoms with Crippen LogP contribution in [-0.4, -0.2) is 30.6 Å². The van der Waals surface area contributed by atoms with Crippen LogP contribution in [0.15, 0.2) is 83.8 Å². The highest BCUT2D eigenvalue weighted by Crippen LogP contribution is 2.29. The van der Waals surface area contributed by atoms with Crippen LogP contribution in [0.1, 0.15) is 18.4 Å². The number of hydrogen-bond donors (Lipinski definition) is 1. The monoisotopic (exact) mass is 450 g/mol. The quantitative estimate of drug-likeness (QED) is 0.610. The second kappa shape index (κ2) is 8.84. The van der Waals surface area contributed by atoms with E-state index >= 15 is 0 Å². The van der Waals surface area contributed by atoms with Crippen LogP contribution in [0.2, 0.25) is 0 Å². The van der Waals surface area contributed by atoms with Crippen molar-refractivity contribution < 1.29 is 22.7 Å². The fourth-order valence-electron chi connectivity index (χ4n) is 3.48. The van der Waals surface area contributed by atoms with Crippen molar-refractivity contribution in [3.05, 3.63) is 84.4 Å². The molecular formula is C24H22N2O5S. The molecule has 2 amide bonds. The Balaban J connectivity index is 1.48. The van der Waals surface area contributed by atoms with Crippen LogP contribution in [-0.2, 0) is 19.6 Å². The molecule has 0 unspecified atom stereocenters. The Labute approximate surface area is 186 Å². The van der Waals surface area contributed by atoms with Crippen molar-refractivity contribution in [2.45, 2.75) is 30.7 Å². The van der Waals surface area contributed by atoms with E-state index in [0.717, 1.165) is 5.56 Å². The van der Waals surface area contributed by atoms with E-state index in [9.17, 15) is 18.0 Å². The number of sulfonamides is 1. The Bertz CT molecular complexity index is 1220. The lowest BCUT2D eigenvalue weighted by Crippen LogP contribution is -2.45. The zero-order chi connectivity index (χ0) is 22.7. The van der Waals surface area contributed by atoms with Gasteiger partial charge in [-0.1, -0.05) is 35.9 Å². The first-order valence-corrected chi connectivity index (χ1v) is 11.6. The van der Waals surface area contributed by atoms with Gasteiger partial charge in [-0.05, 0) is 61.9 Å². The number of carbonyl (C=O) groups excluding carboxylic acids is 2. The molecule has 0 radical (unpaired) electrons. The molecule has 164 valence electrons. The SMILES string of the molecule is Cc1ccc(S(=O)(=O)N2C(=O)CC[C@H]2C(=O)Nc2ccc(Oc3ccccc3)cc2)cc1. The molecule has 0 aromatic heterocycles. The van der Waals surface area contributed by atoms with Gasteiger partial charge in [0.25, 0.3) is 10.0 Å². The molecule has 0 spiro atoms. The van der Waals surface area contributed by atoms with Gasteiger partial charge in [-0.3, -0.25) is 9.59 Å². The molecule has 1 heterocycles. The lowest BCUT2D eigenvalue weighted by Gasteiger charge is -2.23. The van der Waals surface area contributed by atoms with Crippen LogP contribution in [0.25, 0.3) is 0 Å². The lowest BCUT2D eigenvalue weighted by molar-refractivity contribution is -0.128. The number of ether oxygens (including phenoxy) is 1. The topological polar surface area (TPSA) is 92.8 Å². The molecular weight excluding hydrogens is 428 g/mol. The Kier molecular flexibility index (Phi) is 5.96. The van der Waals surface area contributed by atoms with Gasteiger partial charge < -0.3 is 10.1 Å². The smallest absolute Gasteiger partial charge is 0.267 e. The summed E-state index contributed by atoms with van der Waals surface area (Å²) in [7, 11) is -4.13. The van der Waals surface area contributed by atoms with E-state index in [1.165, 1.54) is 12.1 Å². The van der Waals surface area contributed by atoms with Crippen molar-refractivity contribution in [3.8, 4) is 11.5 Å². The van der Waals surface area contributed by atoms with E-state index in [4.69, 9.17) is 4.74 Å². The van der Waals surface area contributed by atoms with Crippen LogP contribution in [0.4, 0.5) is 5.69 Å². The molecule has 1 aliphatic rings. The van der Waals surface area contributed by atoms with E-state index in [1.807, 2.05) is 37.3 Å². The van der Waals surface area contributed by atoms with E-state index in [0.29, 0.717) is 21.5 Å². The average Bonchev–Trinajstić information content (AvgIpc) is 3.18. The molecule has 1 saturated heterocycles. The molecule has 1 fully saturated rings. The minimum atomic E-state index is -4.13. The molecule has 7 nitrogen and oxygen atoms in total. The Hall–Kier alpha value is -3.65. The summed E-state index contributed by atoms with van der Waals surface area (Å²) in [5.74, 6) is 0.139. The third-order valence-electron chi connectivity index (χ3n) is 5.14. The summed E-state index contributed by atoms with van der Waals surface area (Å²) in [6.07, 6.45) is 0.123. The molecule has 0 saturated carbocycles. The second-order valence-electron chi connectivity index (χ2n) is 7.49. The van der Waals surface area contributed by atoms with Gasteiger partial charge in [-0.15, -0.1) is 0 Å². The molecule has 4 rings (SSSR count). The maximum atomic E-state index is 13.1. The van der Waals surface area contributed by atoms with Gasteiger partial charge in [-0.2, -0.15) is 0 Å². The van der Waals surface area contributed by atoms with Gasteiger partial charge in [0.15, 0.2) is 0 Å². The Morgan fingerprint density at radius 2 is 1.56 bits per heavy atom. The minimum absolute atomic E-state index is 0.00691. The zero-order valence-corrected chi connectivity index (χ0v) is 18.2. The zero-order valence-electron chi connectivity index (χ0n) is 17.4. The predicted molar refractivity (Wildman–Crippen MR) is 120 cm³/mol. The average molecular weight is 451 g/mol. The van der Waals surface area contributed by atoms with Crippen molar-refractivity contribution >= 4 is 27.5 Å². The van der Waals surface area contributed by atoms with Gasteiger partial charge in [-0.25, -0.2) is 12.7 Å². The van der Waals surface area contributed by atoms with Crippen LogP contribution in [0.3, 0.4) is 0 Å². The Morgan fingerprint density at radius 1 is 0.938 bits per heavy atom. The lowest BCUT2D eigenvalue weighted by atomic mass is 10.2. The van der Waals surface area contributed by atoms with Crippen LogP contribution in [0, 0.1) is 6.92 Å². The normalized spacial score (nSPS) is 16.1.